The van der Waals surface area contributed by atoms with Gasteiger partial charge in [0.1, 0.15) is 12.1 Å². The highest BCUT2D eigenvalue weighted by Crippen LogP contribution is 2.23. The molecule has 0 bridgehead atoms. The number of carboxylic acid groups (broad SMARTS) is 2. The van der Waals surface area contributed by atoms with Gasteiger partial charge in [-0.15, -0.1) is 11.3 Å². The number of carboxylic acids is 2. The van der Waals surface area contributed by atoms with Crippen LogP contribution in [0.5, 0.6) is 0 Å². The van der Waals surface area contributed by atoms with E-state index in [9.17, 15) is 26.3 Å². The predicted octanol–water partition coefficient (Wildman–Crippen LogP) is 3.57. The van der Waals surface area contributed by atoms with E-state index in [4.69, 9.17) is 19.8 Å². The molecule has 3 rings (SSSR count). The van der Waals surface area contributed by atoms with Gasteiger partial charge in [0.15, 0.2) is 0 Å². The molecule has 0 aromatic carbocycles. The van der Waals surface area contributed by atoms with E-state index in [-0.39, 0.29) is 0 Å². The Balaban J connectivity index is 0.000000383. The summed E-state index contributed by atoms with van der Waals surface area (Å²) in [4.78, 5) is 36.1. The van der Waals surface area contributed by atoms with Gasteiger partial charge in [-0.05, 0) is 20.3 Å². The van der Waals surface area contributed by atoms with Gasteiger partial charge in [-0.1, -0.05) is 0 Å². The molecule has 202 valence electrons. The summed E-state index contributed by atoms with van der Waals surface area (Å²) in [5, 5.41) is 17.6. The van der Waals surface area contributed by atoms with E-state index in [0.29, 0.717) is 0 Å². The number of aryl methyl sites for hydroxylation is 1. The molecule has 0 spiro atoms. The fraction of sp³-hybridized carbons (Fsp3) is 0.550. The molecule has 0 atom stereocenters. The van der Waals surface area contributed by atoms with Crippen LogP contribution in [0.4, 0.5) is 32.2 Å². The molecule has 16 heteroatoms. The van der Waals surface area contributed by atoms with Crippen molar-refractivity contribution in [1.29, 1.82) is 0 Å². The Morgan fingerprint density at radius 1 is 1.06 bits per heavy atom. The van der Waals surface area contributed by atoms with Gasteiger partial charge in [0, 0.05) is 50.6 Å². The summed E-state index contributed by atoms with van der Waals surface area (Å²) in [5.41, 5.74) is 3.72. The van der Waals surface area contributed by atoms with Gasteiger partial charge in [0.25, 0.3) is 0 Å². The van der Waals surface area contributed by atoms with Crippen molar-refractivity contribution in [2.24, 2.45) is 0 Å². The quantitative estimate of drug-likeness (QED) is 0.556. The van der Waals surface area contributed by atoms with Crippen molar-refractivity contribution in [1.82, 2.24) is 19.9 Å². The second-order valence-corrected chi connectivity index (χ2v) is 8.44. The monoisotopic (exact) mass is 545 g/mol. The number of thiazole rings is 1. The minimum atomic E-state index is -5.08. The number of nitrogens with zero attached hydrogens (tertiary/aromatic N) is 5. The van der Waals surface area contributed by atoms with Crippen LogP contribution >= 0.6 is 11.3 Å². The zero-order valence-corrected chi connectivity index (χ0v) is 20.3. The average molecular weight is 546 g/mol. The maximum Gasteiger partial charge on any atom is 0.490 e. The molecule has 0 radical (unpaired) electrons. The molecule has 0 aliphatic carbocycles. The van der Waals surface area contributed by atoms with Crippen molar-refractivity contribution in [2.45, 2.75) is 45.6 Å². The minimum absolute atomic E-state index is 0.935. The summed E-state index contributed by atoms with van der Waals surface area (Å²) >= 11 is 1.73. The topological polar surface area (TPSA) is 120 Å². The van der Waals surface area contributed by atoms with Crippen molar-refractivity contribution >= 4 is 29.1 Å². The maximum atomic E-state index is 10.6. The van der Waals surface area contributed by atoms with Crippen LogP contribution in [0, 0.1) is 6.92 Å². The summed E-state index contributed by atoms with van der Waals surface area (Å²) in [7, 11) is 2.10. The number of hydrogen-bond donors (Lipinski definition) is 2. The first-order valence-corrected chi connectivity index (χ1v) is 11.2. The minimum Gasteiger partial charge on any atom is -0.475 e. The molecule has 2 N–H and O–H groups in total. The van der Waals surface area contributed by atoms with E-state index >= 15 is 0 Å². The van der Waals surface area contributed by atoms with Gasteiger partial charge in [0.05, 0.1) is 16.4 Å². The molecule has 0 saturated heterocycles. The van der Waals surface area contributed by atoms with Crippen LogP contribution < -0.4 is 4.90 Å². The number of aliphatic carboxylic acids is 2. The third kappa shape index (κ3) is 10.3. The second-order valence-electron chi connectivity index (χ2n) is 7.38. The number of rotatable bonds is 4. The van der Waals surface area contributed by atoms with Crippen LogP contribution in [-0.4, -0.2) is 81.0 Å². The molecule has 36 heavy (non-hydrogen) atoms. The number of halogens is 6. The Hall–Kier alpha value is -3.01. The third-order valence-corrected chi connectivity index (χ3v) is 5.55. The lowest BCUT2D eigenvalue weighted by atomic mass is 10.1. The molecule has 2 aromatic rings. The number of alkyl halides is 6. The van der Waals surface area contributed by atoms with Crippen molar-refractivity contribution in [3.8, 4) is 0 Å². The molecule has 3 heterocycles. The summed E-state index contributed by atoms with van der Waals surface area (Å²) in [6.45, 7) is 8.20. The van der Waals surface area contributed by atoms with Gasteiger partial charge >= 0.3 is 24.3 Å². The van der Waals surface area contributed by atoms with Crippen LogP contribution in [0.2, 0.25) is 0 Å². The molecular weight excluding hydrogens is 520 g/mol. The first-order chi connectivity index (χ1) is 16.6. The molecule has 0 unspecified atom stereocenters. The fourth-order valence-electron chi connectivity index (χ4n) is 2.90. The largest absolute Gasteiger partial charge is 0.490 e. The standard InChI is InChI=1S/C16H23N5S.2C2HF3O2/c1-4-20(3)16-14-5-7-21(8-6-15(14)17-11-18-16)9-13-10-22-12(2)19-13;2*3-2(4,5)1(6)7/h10-11H,4-9H2,1-3H3;2*(H,6,7). The van der Waals surface area contributed by atoms with Gasteiger partial charge < -0.3 is 15.1 Å². The lowest BCUT2D eigenvalue weighted by Crippen LogP contribution is -2.26. The van der Waals surface area contributed by atoms with Crippen molar-refractivity contribution in [2.75, 3.05) is 31.6 Å². The highest BCUT2D eigenvalue weighted by Gasteiger charge is 2.38. The maximum absolute atomic E-state index is 10.6. The van der Waals surface area contributed by atoms with Crippen LogP contribution in [0.15, 0.2) is 11.7 Å². The Kier molecular flexibility index (Phi) is 11.5. The summed E-state index contributed by atoms with van der Waals surface area (Å²) < 4.78 is 63.5. The number of aromatic nitrogens is 3. The van der Waals surface area contributed by atoms with Crippen LogP contribution in [0.25, 0.3) is 0 Å². The zero-order valence-electron chi connectivity index (χ0n) is 19.5. The van der Waals surface area contributed by atoms with E-state index < -0.39 is 24.3 Å². The highest BCUT2D eigenvalue weighted by molar-refractivity contribution is 7.09. The summed E-state index contributed by atoms with van der Waals surface area (Å²) in [6.07, 6.45) is -6.45. The Morgan fingerprint density at radius 2 is 1.58 bits per heavy atom. The second kappa shape index (κ2) is 13.3. The third-order valence-electron chi connectivity index (χ3n) is 4.73. The number of carbonyl (C=O) groups is 2. The summed E-state index contributed by atoms with van der Waals surface area (Å²) in [6, 6.07) is 0. The Labute approximate surface area is 206 Å². The zero-order chi connectivity index (χ0) is 27.7. The smallest absolute Gasteiger partial charge is 0.475 e. The van der Waals surface area contributed by atoms with E-state index in [0.717, 1.165) is 49.8 Å². The van der Waals surface area contributed by atoms with E-state index in [2.05, 4.69) is 51.0 Å². The lowest BCUT2D eigenvalue weighted by molar-refractivity contribution is -0.193. The molecule has 1 aliphatic rings. The Bertz CT molecular complexity index is 991. The van der Waals surface area contributed by atoms with Crippen molar-refractivity contribution in [3.05, 3.63) is 33.7 Å². The van der Waals surface area contributed by atoms with E-state index in [1.807, 2.05) is 0 Å². The first kappa shape index (κ1) is 31.0. The van der Waals surface area contributed by atoms with Crippen molar-refractivity contribution in [3.63, 3.8) is 0 Å². The SMILES string of the molecule is CCN(C)c1ncnc2c1CCN(Cc1csc(C)n1)CC2.O=C(O)C(F)(F)F.O=C(O)C(F)(F)F. The average Bonchev–Trinajstić information content (AvgIpc) is 3.07. The molecular formula is C20H25F6N5O4S. The van der Waals surface area contributed by atoms with E-state index in [1.165, 1.54) is 17.0 Å². The molecule has 0 amide bonds. The molecule has 0 saturated carbocycles. The van der Waals surface area contributed by atoms with Crippen LogP contribution in [-0.2, 0) is 29.0 Å². The highest BCUT2D eigenvalue weighted by atomic mass is 32.1. The molecule has 9 nitrogen and oxygen atoms in total. The molecule has 1 aliphatic heterocycles. The van der Waals surface area contributed by atoms with Crippen molar-refractivity contribution < 1.29 is 46.1 Å². The molecule has 0 fully saturated rings. The summed E-state index contributed by atoms with van der Waals surface area (Å²) in [5.74, 6) is -4.42. The van der Waals surface area contributed by atoms with Gasteiger partial charge in [0.2, 0.25) is 0 Å². The van der Waals surface area contributed by atoms with Crippen LogP contribution in [0.1, 0.15) is 28.9 Å². The Morgan fingerprint density at radius 3 is 2.03 bits per heavy atom. The van der Waals surface area contributed by atoms with Gasteiger partial charge in [-0.3, -0.25) is 4.90 Å². The predicted molar refractivity (Wildman–Crippen MR) is 118 cm³/mol. The molecule has 2 aromatic heterocycles. The van der Waals surface area contributed by atoms with Crippen LogP contribution in [0.3, 0.4) is 0 Å². The van der Waals surface area contributed by atoms with Gasteiger partial charge in [-0.2, -0.15) is 26.3 Å². The van der Waals surface area contributed by atoms with E-state index in [1.54, 1.807) is 17.7 Å². The first-order valence-electron chi connectivity index (χ1n) is 10.3. The normalized spacial score (nSPS) is 13.8. The number of fused-ring (bicyclic) bond motifs is 1. The number of anilines is 1. The van der Waals surface area contributed by atoms with Gasteiger partial charge in [-0.25, -0.2) is 24.5 Å². The lowest BCUT2D eigenvalue weighted by Gasteiger charge is -2.20. The number of hydrogen-bond acceptors (Lipinski definition) is 8. The fourth-order valence-corrected chi connectivity index (χ4v) is 3.51.